The molecule has 1 aliphatic rings. The Labute approximate surface area is 110 Å². The topological polar surface area (TPSA) is 33.6 Å². The number of aliphatic imine (C=N–C) groups is 1. The SMILES string of the molecule is C=C1N=CC(Oc2ccccc2)=CN1.CC.CC. The third-order valence-electron chi connectivity index (χ3n) is 1.71. The van der Waals surface area contributed by atoms with Crippen molar-refractivity contribution in [3.05, 3.63) is 54.7 Å². The molecule has 1 heterocycles. The third-order valence-corrected chi connectivity index (χ3v) is 1.71. The van der Waals surface area contributed by atoms with Crippen LogP contribution in [0.3, 0.4) is 0 Å². The summed E-state index contributed by atoms with van der Waals surface area (Å²) >= 11 is 0. The molecule has 0 unspecified atom stereocenters. The van der Waals surface area contributed by atoms with Gasteiger partial charge in [0.05, 0.1) is 6.21 Å². The lowest BCUT2D eigenvalue weighted by atomic mass is 10.3. The maximum absolute atomic E-state index is 5.51. The first-order valence-electron chi connectivity index (χ1n) is 6.27. The van der Waals surface area contributed by atoms with Gasteiger partial charge in [-0.15, -0.1) is 0 Å². The second kappa shape index (κ2) is 10.1. The summed E-state index contributed by atoms with van der Waals surface area (Å²) in [6.45, 7) is 11.6. The molecule has 1 N–H and O–H groups in total. The molecule has 1 aromatic rings. The van der Waals surface area contributed by atoms with Crippen LogP contribution in [0.4, 0.5) is 0 Å². The minimum Gasteiger partial charge on any atom is -0.454 e. The monoisotopic (exact) mass is 246 g/mol. The molecule has 0 spiro atoms. The fraction of sp³-hybridized carbons (Fsp3) is 0.267. The molecule has 18 heavy (non-hydrogen) atoms. The van der Waals surface area contributed by atoms with Crippen molar-refractivity contribution in [2.24, 2.45) is 4.99 Å². The Kier molecular flexibility index (Phi) is 9.00. The highest BCUT2D eigenvalue weighted by Crippen LogP contribution is 2.12. The van der Waals surface area contributed by atoms with Gasteiger partial charge in [0, 0.05) is 6.20 Å². The minimum atomic E-state index is 0.616. The summed E-state index contributed by atoms with van der Waals surface area (Å²) in [5, 5.41) is 2.87. The summed E-state index contributed by atoms with van der Waals surface area (Å²) in [6.07, 6.45) is 3.36. The maximum Gasteiger partial charge on any atom is 0.161 e. The van der Waals surface area contributed by atoms with Gasteiger partial charge in [-0.05, 0) is 12.1 Å². The average molecular weight is 246 g/mol. The van der Waals surface area contributed by atoms with E-state index in [2.05, 4.69) is 16.9 Å². The van der Waals surface area contributed by atoms with E-state index in [9.17, 15) is 0 Å². The predicted octanol–water partition coefficient (Wildman–Crippen LogP) is 4.10. The first-order chi connectivity index (χ1) is 8.84. The smallest absolute Gasteiger partial charge is 0.161 e. The zero-order chi connectivity index (χ0) is 13.8. The lowest BCUT2D eigenvalue weighted by Gasteiger charge is -2.10. The van der Waals surface area contributed by atoms with Gasteiger partial charge >= 0.3 is 0 Å². The van der Waals surface area contributed by atoms with Gasteiger partial charge in [0.15, 0.2) is 5.76 Å². The molecule has 0 aliphatic carbocycles. The molecule has 3 nitrogen and oxygen atoms in total. The number of allylic oxidation sites excluding steroid dienone is 1. The van der Waals surface area contributed by atoms with Crippen molar-refractivity contribution in [2.75, 3.05) is 0 Å². The number of para-hydroxylation sites is 1. The van der Waals surface area contributed by atoms with Crippen LogP contribution in [-0.2, 0) is 0 Å². The van der Waals surface area contributed by atoms with Crippen LogP contribution < -0.4 is 10.1 Å². The van der Waals surface area contributed by atoms with Crippen LogP contribution in [0, 0.1) is 0 Å². The van der Waals surface area contributed by atoms with Crippen molar-refractivity contribution in [3.63, 3.8) is 0 Å². The zero-order valence-electron chi connectivity index (χ0n) is 11.6. The van der Waals surface area contributed by atoms with Crippen LogP contribution in [0.25, 0.3) is 0 Å². The molecular weight excluding hydrogens is 224 g/mol. The molecule has 0 aromatic heterocycles. The van der Waals surface area contributed by atoms with Crippen LogP contribution in [0.5, 0.6) is 5.75 Å². The van der Waals surface area contributed by atoms with Gasteiger partial charge in [0.25, 0.3) is 0 Å². The number of hydrogen-bond donors (Lipinski definition) is 1. The Morgan fingerprint density at radius 1 is 1.06 bits per heavy atom. The van der Waals surface area contributed by atoms with E-state index in [1.807, 2.05) is 58.0 Å². The first-order valence-corrected chi connectivity index (χ1v) is 6.27. The zero-order valence-corrected chi connectivity index (χ0v) is 11.6. The Morgan fingerprint density at radius 3 is 2.17 bits per heavy atom. The minimum absolute atomic E-state index is 0.616. The average Bonchev–Trinajstić information content (AvgIpc) is 2.47. The van der Waals surface area contributed by atoms with Crippen LogP contribution in [0.1, 0.15) is 27.7 Å². The van der Waals surface area contributed by atoms with E-state index in [0.717, 1.165) is 5.75 Å². The molecule has 0 atom stereocenters. The Morgan fingerprint density at radius 2 is 1.67 bits per heavy atom. The van der Waals surface area contributed by atoms with Crippen LogP contribution in [-0.4, -0.2) is 6.21 Å². The van der Waals surface area contributed by atoms with Crippen LogP contribution >= 0.6 is 0 Å². The molecule has 0 bridgehead atoms. The maximum atomic E-state index is 5.51. The summed E-state index contributed by atoms with van der Waals surface area (Å²) in [5.41, 5.74) is 0. The predicted molar refractivity (Wildman–Crippen MR) is 78.6 cm³/mol. The van der Waals surface area contributed by atoms with Crippen molar-refractivity contribution < 1.29 is 4.74 Å². The van der Waals surface area contributed by atoms with Gasteiger partial charge in [0.2, 0.25) is 0 Å². The molecule has 1 aromatic carbocycles. The number of benzene rings is 1. The van der Waals surface area contributed by atoms with E-state index in [0.29, 0.717) is 11.6 Å². The number of nitrogens with one attached hydrogen (secondary N) is 1. The molecule has 2 rings (SSSR count). The molecule has 0 radical (unpaired) electrons. The van der Waals surface area contributed by atoms with Crippen molar-refractivity contribution in [1.82, 2.24) is 5.32 Å². The Hall–Kier alpha value is -2.03. The number of ether oxygens (including phenoxy) is 1. The van der Waals surface area contributed by atoms with Crippen molar-refractivity contribution in [3.8, 4) is 5.75 Å². The van der Waals surface area contributed by atoms with Gasteiger partial charge in [-0.1, -0.05) is 52.5 Å². The molecule has 98 valence electrons. The van der Waals surface area contributed by atoms with E-state index in [1.54, 1.807) is 12.4 Å². The number of rotatable bonds is 2. The quantitative estimate of drug-likeness (QED) is 0.852. The van der Waals surface area contributed by atoms with Crippen LogP contribution in [0.15, 0.2) is 59.7 Å². The first kappa shape index (κ1) is 16.0. The molecule has 0 saturated carbocycles. The third kappa shape index (κ3) is 5.89. The van der Waals surface area contributed by atoms with E-state index >= 15 is 0 Å². The largest absolute Gasteiger partial charge is 0.454 e. The fourth-order valence-corrected chi connectivity index (χ4v) is 1.05. The van der Waals surface area contributed by atoms with Gasteiger partial charge < -0.3 is 10.1 Å². The molecule has 0 fully saturated rings. The highest BCUT2D eigenvalue weighted by molar-refractivity contribution is 5.78. The lowest BCUT2D eigenvalue weighted by Crippen LogP contribution is -2.12. The van der Waals surface area contributed by atoms with E-state index < -0.39 is 0 Å². The summed E-state index contributed by atoms with van der Waals surface area (Å²) in [4.78, 5) is 3.98. The van der Waals surface area contributed by atoms with Crippen LogP contribution in [0.2, 0.25) is 0 Å². The van der Waals surface area contributed by atoms with Crippen molar-refractivity contribution in [1.29, 1.82) is 0 Å². The molecule has 0 amide bonds. The lowest BCUT2D eigenvalue weighted by molar-refractivity contribution is 0.451. The Balaban J connectivity index is 0.000000659. The second-order valence-electron chi connectivity index (χ2n) is 2.81. The molecular formula is C15H22N2O. The van der Waals surface area contributed by atoms with E-state index in [-0.39, 0.29) is 0 Å². The summed E-state index contributed by atoms with van der Waals surface area (Å²) in [7, 11) is 0. The normalized spacial score (nSPS) is 12.0. The molecule has 1 aliphatic heterocycles. The second-order valence-corrected chi connectivity index (χ2v) is 2.81. The van der Waals surface area contributed by atoms with Gasteiger partial charge in [-0.25, -0.2) is 4.99 Å². The summed E-state index contributed by atoms with van der Waals surface area (Å²) < 4.78 is 5.51. The van der Waals surface area contributed by atoms with Gasteiger partial charge in [-0.3, -0.25) is 0 Å². The number of nitrogens with zero attached hydrogens (tertiary/aromatic N) is 1. The molecule has 3 heteroatoms. The summed E-state index contributed by atoms with van der Waals surface area (Å²) in [5.74, 6) is 2.08. The standard InChI is InChI=1S/C11H10N2O.2C2H6/c1-9-12-7-11(8-13-9)14-10-5-3-2-4-6-10;2*1-2/h2-8,12H,1H2;2*1-2H3. The number of hydrogen-bond acceptors (Lipinski definition) is 3. The molecule has 0 saturated heterocycles. The van der Waals surface area contributed by atoms with Crippen molar-refractivity contribution >= 4 is 6.21 Å². The van der Waals surface area contributed by atoms with Crippen molar-refractivity contribution in [2.45, 2.75) is 27.7 Å². The summed E-state index contributed by atoms with van der Waals surface area (Å²) in [6, 6.07) is 9.55. The highest BCUT2D eigenvalue weighted by Gasteiger charge is 2.01. The van der Waals surface area contributed by atoms with E-state index in [4.69, 9.17) is 4.74 Å². The Bertz CT molecular complexity index is 394. The van der Waals surface area contributed by atoms with Gasteiger partial charge in [0.1, 0.15) is 11.6 Å². The fourth-order valence-electron chi connectivity index (χ4n) is 1.05. The van der Waals surface area contributed by atoms with E-state index in [1.165, 1.54) is 0 Å². The highest BCUT2D eigenvalue weighted by atomic mass is 16.5. The van der Waals surface area contributed by atoms with Gasteiger partial charge in [-0.2, -0.15) is 0 Å².